The van der Waals surface area contributed by atoms with Crippen LogP contribution in [-0.4, -0.2) is 43.0 Å². The Balaban J connectivity index is 1.30. The van der Waals surface area contributed by atoms with Crippen molar-refractivity contribution >= 4 is 29.0 Å². The third-order valence-electron chi connectivity index (χ3n) is 7.93. The topological polar surface area (TPSA) is 89.0 Å². The molecule has 2 fully saturated rings. The van der Waals surface area contributed by atoms with Crippen LogP contribution in [-0.2, 0) is 9.53 Å². The van der Waals surface area contributed by atoms with Crippen molar-refractivity contribution in [2.45, 2.75) is 57.6 Å². The second-order valence-electron chi connectivity index (χ2n) is 10.8. The van der Waals surface area contributed by atoms with E-state index >= 15 is 0 Å². The number of anilines is 1. The van der Waals surface area contributed by atoms with Crippen LogP contribution in [0.1, 0.15) is 56.6 Å². The highest BCUT2D eigenvalue weighted by Gasteiger charge is 2.58. The average Bonchev–Trinajstić information content (AvgIpc) is 3.81. The molecule has 2 N–H and O–H groups in total. The number of alkyl carbamates (subject to hydrolysis) is 1. The van der Waals surface area contributed by atoms with Crippen molar-refractivity contribution in [3.8, 4) is 5.75 Å². The second kappa shape index (κ2) is 9.22. The van der Waals surface area contributed by atoms with Crippen LogP contribution in [0.25, 0.3) is 5.57 Å². The number of rotatable bonds is 6. The minimum Gasteiger partial charge on any atom is -0.493 e. The third-order valence-corrected chi connectivity index (χ3v) is 7.93. The zero-order valence-electron chi connectivity index (χ0n) is 21.3. The number of allylic oxidation sites excluding steroid dienone is 1. The van der Waals surface area contributed by atoms with Gasteiger partial charge in [-0.05, 0) is 68.9 Å². The molecular weight excluding hydrogens is 492 g/mol. The number of nitrogens with one attached hydrogen (secondary N) is 2. The number of aliphatic imine (C=N–C) groups is 1. The maximum Gasteiger partial charge on any atom is 0.408 e. The van der Waals surface area contributed by atoms with Crippen molar-refractivity contribution in [3.63, 3.8) is 0 Å². The van der Waals surface area contributed by atoms with Gasteiger partial charge in [0.15, 0.2) is 11.6 Å². The van der Waals surface area contributed by atoms with Crippen molar-refractivity contribution in [1.29, 1.82) is 0 Å². The number of carbonyl (C=O) groups excluding carboxylic acids is 2. The molecular formula is C29H29F2N3O4. The van der Waals surface area contributed by atoms with Gasteiger partial charge in [-0.3, -0.25) is 9.79 Å². The van der Waals surface area contributed by atoms with E-state index in [1.54, 1.807) is 12.1 Å². The summed E-state index contributed by atoms with van der Waals surface area (Å²) >= 11 is 0. The van der Waals surface area contributed by atoms with Crippen LogP contribution in [0, 0.1) is 17.0 Å². The summed E-state index contributed by atoms with van der Waals surface area (Å²) in [4.78, 5) is 31.0. The SMILES string of the molecule is CC1=NCC(C)=C1c1ccc(NC(=O)[C@@H](NC(=O)OC2CC2)C2c3cc(F)c(F)cc3OCC23CC3)cc1. The number of hydrogen-bond donors (Lipinski definition) is 2. The van der Waals surface area contributed by atoms with E-state index in [0.717, 1.165) is 54.7 Å². The Hall–Kier alpha value is -3.75. The quantitative estimate of drug-likeness (QED) is 0.535. The molecule has 7 nitrogen and oxygen atoms in total. The summed E-state index contributed by atoms with van der Waals surface area (Å²) in [7, 11) is 0. The first-order chi connectivity index (χ1) is 18.2. The molecule has 9 heteroatoms. The first-order valence-corrected chi connectivity index (χ1v) is 13.0. The Morgan fingerprint density at radius 3 is 2.45 bits per heavy atom. The molecule has 6 rings (SSSR count). The molecule has 2 saturated carbocycles. The van der Waals surface area contributed by atoms with E-state index < -0.39 is 41.0 Å². The molecule has 2 heterocycles. The molecule has 2 aliphatic carbocycles. The van der Waals surface area contributed by atoms with Crippen LogP contribution in [0.2, 0.25) is 0 Å². The van der Waals surface area contributed by atoms with Gasteiger partial charge in [-0.15, -0.1) is 0 Å². The molecule has 0 saturated heterocycles. The van der Waals surface area contributed by atoms with Gasteiger partial charge < -0.3 is 20.1 Å². The summed E-state index contributed by atoms with van der Waals surface area (Å²) in [5.41, 5.74) is 4.74. The lowest BCUT2D eigenvalue weighted by Crippen LogP contribution is -2.52. The van der Waals surface area contributed by atoms with Crippen LogP contribution in [0.3, 0.4) is 0 Å². The molecule has 2 aromatic rings. The van der Waals surface area contributed by atoms with Gasteiger partial charge in [-0.1, -0.05) is 12.1 Å². The minimum absolute atomic E-state index is 0.157. The fourth-order valence-corrected chi connectivity index (χ4v) is 5.60. The predicted octanol–water partition coefficient (Wildman–Crippen LogP) is 5.36. The van der Waals surface area contributed by atoms with Gasteiger partial charge in [0.05, 0.1) is 13.2 Å². The smallest absolute Gasteiger partial charge is 0.408 e. The van der Waals surface area contributed by atoms with Gasteiger partial charge in [0, 0.05) is 39.9 Å². The monoisotopic (exact) mass is 521 g/mol. The lowest BCUT2D eigenvalue weighted by Gasteiger charge is -2.38. The zero-order valence-corrected chi connectivity index (χ0v) is 21.3. The van der Waals surface area contributed by atoms with Crippen molar-refractivity contribution < 1.29 is 27.8 Å². The standard InChI is InChI=1S/C29H29F2N3O4/c1-15-13-32-16(2)24(15)17-3-5-18(6-4-17)33-27(35)26(34-28(36)38-19-7-8-19)25-20-11-21(30)22(31)12-23(20)37-14-29(25)9-10-29/h3-6,11-12,19,25-26H,7-10,13-14H2,1-2H3,(H,33,35)(H,34,36)/t25?,26-/m0/s1. The van der Waals surface area contributed by atoms with Crippen molar-refractivity contribution in [1.82, 2.24) is 5.32 Å². The molecule has 2 aromatic carbocycles. The number of nitrogens with zero attached hydrogens (tertiary/aromatic N) is 1. The van der Waals surface area contributed by atoms with E-state index in [9.17, 15) is 18.4 Å². The highest BCUT2D eigenvalue weighted by atomic mass is 19.2. The lowest BCUT2D eigenvalue weighted by molar-refractivity contribution is -0.119. The summed E-state index contributed by atoms with van der Waals surface area (Å²) in [5.74, 6) is -2.95. The first kappa shape index (κ1) is 24.6. The van der Waals surface area contributed by atoms with Gasteiger partial charge >= 0.3 is 6.09 Å². The van der Waals surface area contributed by atoms with Gasteiger partial charge in [-0.2, -0.15) is 0 Å². The largest absolute Gasteiger partial charge is 0.493 e. The van der Waals surface area contributed by atoms with E-state index in [1.807, 2.05) is 19.1 Å². The normalized spacial score (nSPS) is 21.8. The lowest BCUT2D eigenvalue weighted by atomic mass is 9.76. The van der Waals surface area contributed by atoms with Crippen LogP contribution < -0.4 is 15.4 Å². The number of amides is 2. The highest BCUT2D eigenvalue weighted by molar-refractivity contribution is 6.25. The fraction of sp³-hybridized carbons (Fsp3) is 0.414. The molecule has 4 aliphatic rings. The molecule has 198 valence electrons. The Morgan fingerprint density at radius 1 is 1.11 bits per heavy atom. The molecule has 2 atom stereocenters. The summed E-state index contributed by atoms with van der Waals surface area (Å²) < 4.78 is 39.5. The van der Waals surface area contributed by atoms with E-state index in [0.29, 0.717) is 17.8 Å². The number of ether oxygens (including phenoxy) is 2. The fourth-order valence-electron chi connectivity index (χ4n) is 5.60. The van der Waals surface area contributed by atoms with Crippen molar-refractivity contribution in [2.24, 2.45) is 10.4 Å². The number of carbonyl (C=O) groups is 2. The Labute approximate surface area is 219 Å². The summed E-state index contributed by atoms with van der Waals surface area (Å²) in [5, 5.41) is 5.66. The molecule has 38 heavy (non-hydrogen) atoms. The van der Waals surface area contributed by atoms with E-state index in [4.69, 9.17) is 9.47 Å². The zero-order chi connectivity index (χ0) is 26.6. The van der Waals surface area contributed by atoms with E-state index in [2.05, 4.69) is 22.5 Å². The molecule has 0 aromatic heterocycles. The predicted molar refractivity (Wildman–Crippen MR) is 138 cm³/mol. The summed E-state index contributed by atoms with van der Waals surface area (Å²) in [6.45, 7) is 4.97. The van der Waals surface area contributed by atoms with Crippen LogP contribution in [0.15, 0.2) is 47.0 Å². The third kappa shape index (κ3) is 4.54. The number of hydrogen-bond acceptors (Lipinski definition) is 5. The van der Waals surface area contributed by atoms with Crippen LogP contribution >= 0.6 is 0 Å². The van der Waals surface area contributed by atoms with Crippen molar-refractivity contribution in [2.75, 3.05) is 18.5 Å². The van der Waals surface area contributed by atoms with Crippen molar-refractivity contribution in [3.05, 3.63) is 64.7 Å². The average molecular weight is 522 g/mol. The Morgan fingerprint density at radius 2 is 1.82 bits per heavy atom. The number of benzene rings is 2. The first-order valence-electron chi connectivity index (χ1n) is 13.0. The van der Waals surface area contributed by atoms with Crippen LogP contribution in [0.4, 0.5) is 19.3 Å². The summed E-state index contributed by atoms with van der Waals surface area (Å²) in [6.07, 6.45) is 2.19. The van der Waals surface area contributed by atoms with Gasteiger partial charge in [0.1, 0.15) is 17.9 Å². The van der Waals surface area contributed by atoms with Gasteiger partial charge in [0.25, 0.3) is 0 Å². The Kier molecular flexibility index (Phi) is 5.96. The maximum atomic E-state index is 14.4. The molecule has 0 radical (unpaired) electrons. The molecule has 1 unspecified atom stereocenters. The Bertz CT molecular complexity index is 1380. The van der Waals surface area contributed by atoms with Crippen LogP contribution in [0.5, 0.6) is 5.75 Å². The molecule has 0 bridgehead atoms. The van der Waals surface area contributed by atoms with E-state index in [1.165, 1.54) is 5.57 Å². The molecule has 2 amide bonds. The highest BCUT2D eigenvalue weighted by Crippen LogP contribution is 2.61. The van der Waals surface area contributed by atoms with E-state index in [-0.39, 0.29) is 18.5 Å². The van der Waals surface area contributed by atoms with Gasteiger partial charge in [-0.25, -0.2) is 13.6 Å². The molecule has 1 spiro atoms. The molecule has 2 aliphatic heterocycles. The number of halogens is 2. The number of fused-ring (bicyclic) bond motifs is 1. The summed E-state index contributed by atoms with van der Waals surface area (Å²) in [6, 6.07) is 8.47. The van der Waals surface area contributed by atoms with Gasteiger partial charge in [0.2, 0.25) is 5.91 Å². The second-order valence-corrected chi connectivity index (χ2v) is 10.8. The minimum atomic E-state index is -1.08. The maximum absolute atomic E-state index is 14.4.